The fraction of sp³-hybridized carbons (Fsp3) is 0.727. The normalized spacial score (nSPS) is 15.6. The third-order valence-corrected chi connectivity index (χ3v) is 8.18. The lowest BCUT2D eigenvalue weighted by Gasteiger charge is -2.36. The fourth-order valence-corrected chi connectivity index (χ4v) is 5.79. The van der Waals surface area contributed by atoms with E-state index in [4.69, 9.17) is 4.74 Å². The van der Waals surface area contributed by atoms with E-state index in [1.54, 1.807) is 37.4 Å². The van der Waals surface area contributed by atoms with E-state index in [0.717, 1.165) is 56.1 Å². The van der Waals surface area contributed by atoms with Crippen molar-refractivity contribution in [1.29, 1.82) is 0 Å². The molecule has 1 saturated carbocycles. The maximum atomic E-state index is 14.4. The quantitative estimate of drug-likeness (QED) is 0.197. The van der Waals surface area contributed by atoms with E-state index in [-0.39, 0.29) is 17.9 Å². The lowest BCUT2D eigenvalue weighted by molar-refractivity contribution is -0.143. The minimum absolute atomic E-state index is 0.127. The molecule has 3 amide bonds. The molecule has 0 radical (unpaired) electrons. The molecular formula is C33H55N3O4S. The number of carbonyl (C=O) groups is 3. The van der Waals surface area contributed by atoms with Crippen molar-refractivity contribution in [1.82, 2.24) is 15.5 Å². The van der Waals surface area contributed by atoms with Crippen LogP contribution in [0.15, 0.2) is 24.3 Å². The molecular weight excluding hydrogens is 534 g/mol. The lowest BCUT2D eigenvalue weighted by atomic mass is 9.94. The minimum Gasteiger partial charge on any atom is -0.444 e. The second kappa shape index (κ2) is 18.3. The first-order chi connectivity index (χ1) is 19.6. The number of amides is 3. The molecule has 2 unspecified atom stereocenters. The zero-order valence-electron chi connectivity index (χ0n) is 26.4. The highest BCUT2D eigenvalue weighted by atomic mass is 32.2. The number of rotatable bonds is 16. The van der Waals surface area contributed by atoms with Gasteiger partial charge in [0.1, 0.15) is 17.7 Å². The average Bonchev–Trinajstić information content (AvgIpc) is 2.92. The van der Waals surface area contributed by atoms with Gasteiger partial charge in [0.25, 0.3) is 0 Å². The van der Waals surface area contributed by atoms with Gasteiger partial charge in [0.05, 0.1) is 0 Å². The van der Waals surface area contributed by atoms with Crippen LogP contribution in [-0.4, -0.2) is 59.0 Å². The Labute approximate surface area is 253 Å². The monoisotopic (exact) mass is 589 g/mol. The van der Waals surface area contributed by atoms with Gasteiger partial charge in [-0.15, -0.1) is 0 Å². The van der Waals surface area contributed by atoms with E-state index in [1.165, 1.54) is 25.7 Å². The SMILES string of the molecule is CCCCCCCCN(C(=O)C(CCSC)NC(=O)OC(C)(C)C)C(C(=O)NC1CCCCC1)c1ccc(C)cc1. The van der Waals surface area contributed by atoms with Crippen LogP contribution in [0.4, 0.5) is 4.79 Å². The molecule has 1 aliphatic rings. The van der Waals surface area contributed by atoms with Crippen LogP contribution in [0.5, 0.6) is 0 Å². The zero-order chi connectivity index (χ0) is 30.3. The smallest absolute Gasteiger partial charge is 0.408 e. The van der Waals surface area contributed by atoms with Crippen molar-refractivity contribution in [3.05, 3.63) is 35.4 Å². The number of aryl methyl sites for hydroxylation is 1. The van der Waals surface area contributed by atoms with Gasteiger partial charge < -0.3 is 20.3 Å². The summed E-state index contributed by atoms with van der Waals surface area (Å²) in [5.74, 6) is 0.323. The molecule has 8 heteroatoms. The maximum absolute atomic E-state index is 14.4. The number of hydrogen-bond donors (Lipinski definition) is 2. The summed E-state index contributed by atoms with van der Waals surface area (Å²) in [5.41, 5.74) is 1.21. The number of benzene rings is 1. The molecule has 1 aromatic rings. The molecule has 0 aromatic heterocycles. The summed E-state index contributed by atoms with van der Waals surface area (Å²) in [6.07, 6.45) is 13.6. The molecule has 0 bridgehead atoms. The van der Waals surface area contributed by atoms with Crippen LogP contribution >= 0.6 is 11.8 Å². The number of nitrogens with one attached hydrogen (secondary N) is 2. The van der Waals surface area contributed by atoms with Gasteiger partial charge in [-0.25, -0.2) is 4.79 Å². The molecule has 0 aliphatic heterocycles. The average molecular weight is 590 g/mol. The Morgan fingerprint density at radius 2 is 1.63 bits per heavy atom. The van der Waals surface area contributed by atoms with Crippen molar-refractivity contribution in [3.8, 4) is 0 Å². The summed E-state index contributed by atoms with van der Waals surface area (Å²) in [6, 6.07) is 6.48. The predicted octanol–water partition coefficient (Wildman–Crippen LogP) is 7.32. The molecule has 1 aliphatic carbocycles. The van der Waals surface area contributed by atoms with Gasteiger partial charge in [-0.1, -0.05) is 88.1 Å². The Hall–Kier alpha value is -2.22. The second-order valence-corrected chi connectivity index (χ2v) is 13.4. The zero-order valence-corrected chi connectivity index (χ0v) is 27.2. The van der Waals surface area contributed by atoms with E-state index >= 15 is 0 Å². The largest absolute Gasteiger partial charge is 0.444 e. The van der Waals surface area contributed by atoms with Crippen LogP contribution in [-0.2, 0) is 14.3 Å². The van der Waals surface area contributed by atoms with Gasteiger partial charge in [0.2, 0.25) is 11.8 Å². The predicted molar refractivity (Wildman–Crippen MR) is 170 cm³/mol. The maximum Gasteiger partial charge on any atom is 0.408 e. The first-order valence-corrected chi connectivity index (χ1v) is 17.1. The number of alkyl carbamates (subject to hydrolysis) is 1. The first kappa shape index (κ1) is 35.0. The van der Waals surface area contributed by atoms with E-state index in [9.17, 15) is 14.4 Å². The number of hydrogen-bond acceptors (Lipinski definition) is 5. The molecule has 1 fully saturated rings. The highest BCUT2D eigenvalue weighted by molar-refractivity contribution is 7.98. The van der Waals surface area contributed by atoms with Gasteiger partial charge in [0.15, 0.2) is 0 Å². The van der Waals surface area contributed by atoms with Gasteiger partial charge in [0, 0.05) is 12.6 Å². The number of unbranched alkanes of at least 4 members (excludes halogenated alkanes) is 5. The number of carbonyl (C=O) groups excluding carboxylic acids is 3. The van der Waals surface area contributed by atoms with Gasteiger partial charge in [-0.2, -0.15) is 11.8 Å². The summed E-state index contributed by atoms with van der Waals surface area (Å²) in [7, 11) is 0. The fourth-order valence-electron chi connectivity index (χ4n) is 5.32. The van der Waals surface area contributed by atoms with Crippen LogP contribution in [0, 0.1) is 6.92 Å². The Morgan fingerprint density at radius 1 is 1.00 bits per heavy atom. The van der Waals surface area contributed by atoms with Gasteiger partial charge in [-0.3, -0.25) is 9.59 Å². The van der Waals surface area contributed by atoms with Crippen LogP contribution in [0.3, 0.4) is 0 Å². The van der Waals surface area contributed by atoms with Gasteiger partial charge >= 0.3 is 6.09 Å². The molecule has 2 N–H and O–H groups in total. The summed E-state index contributed by atoms with van der Waals surface area (Å²) < 4.78 is 5.51. The van der Waals surface area contributed by atoms with Crippen molar-refractivity contribution >= 4 is 29.7 Å². The summed E-state index contributed by atoms with van der Waals surface area (Å²) in [4.78, 5) is 42.9. The number of nitrogens with zero attached hydrogens (tertiary/aromatic N) is 1. The first-order valence-electron chi connectivity index (χ1n) is 15.7. The third-order valence-electron chi connectivity index (χ3n) is 7.54. The van der Waals surface area contributed by atoms with Crippen molar-refractivity contribution in [3.63, 3.8) is 0 Å². The molecule has 0 spiro atoms. The van der Waals surface area contributed by atoms with Crippen LogP contribution < -0.4 is 10.6 Å². The standard InChI is InChI=1S/C33H55N3O4S/c1-7-8-9-10-11-15-23-36(31(38)28(22-24-41-6)35-32(39)40-33(3,4)5)29(26-20-18-25(2)19-21-26)30(37)34-27-16-13-12-14-17-27/h18-21,27-29H,7-17,22-24H2,1-6H3,(H,34,37)(H,35,39). The molecule has 7 nitrogen and oxygen atoms in total. The Morgan fingerprint density at radius 3 is 2.24 bits per heavy atom. The highest BCUT2D eigenvalue weighted by Gasteiger charge is 2.36. The van der Waals surface area contributed by atoms with E-state index in [1.807, 2.05) is 37.4 Å². The molecule has 232 valence electrons. The van der Waals surface area contributed by atoms with Crippen molar-refractivity contribution < 1.29 is 19.1 Å². The Kier molecular flexibility index (Phi) is 15.7. The van der Waals surface area contributed by atoms with Crippen molar-refractivity contribution in [2.24, 2.45) is 0 Å². The Balaban J connectivity index is 2.41. The lowest BCUT2D eigenvalue weighted by Crippen LogP contribution is -2.54. The van der Waals surface area contributed by atoms with Crippen LogP contribution in [0.1, 0.15) is 122 Å². The summed E-state index contributed by atoms with van der Waals surface area (Å²) >= 11 is 1.62. The summed E-state index contributed by atoms with van der Waals surface area (Å²) in [5, 5.41) is 6.14. The molecule has 41 heavy (non-hydrogen) atoms. The molecule has 1 aromatic carbocycles. The molecule has 2 rings (SSSR count). The number of thioether (sulfide) groups is 1. The van der Waals surface area contributed by atoms with E-state index in [2.05, 4.69) is 17.6 Å². The van der Waals surface area contributed by atoms with Crippen LogP contribution in [0.2, 0.25) is 0 Å². The minimum atomic E-state index is -0.784. The van der Waals surface area contributed by atoms with E-state index in [0.29, 0.717) is 18.7 Å². The number of ether oxygens (including phenoxy) is 1. The van der Waals surface area contributed by atoms with Crippen molar-refractivity contribution in [2.75, 3.05) is 18.6 Å². The van der Waals surface area contributed by atoms with E-state index < -0.39 is 23.8 Å². The molecule has 0 saturated heterocycles. The topological polar surface area (TPSA) is 87.7 Å². The van der Waals surface area contributed by atoms with Gasteiger partial charge in [-0.05, 0) is 71.0 Å². The molecule has 0 heterocycles. The van der Waals surface area contributed by atoms with Crippen LogP contribution in [0.25, 0.3) is 0 Å². The molecule has 2 atom stereocenters. The Bertz CT molecular complexity index is 925. The van der Waals surface area contributed by atoms with Crippen molar-refractivity contribution in [2.45, 2.75) is 135 Å². The summed E-state index contributed by atoms with van der Waals surface area (Å²) in [6.45, 7) is 10.1. The third kappa shape index (κ3) is 13.1. The highest BCUT2D eigenvalue weighted by Crippen LogP contribution is 2.26. The second-order valence-electron chi connectivity index (χ2n) is 12.4.